The highest BCUT2D eigenvalue weighted by molar-refractivity contribution is 5.98. The van der Waals surface area contributed by atoms with E-state index in [0.717, 1.165) is 35.2 Å². The third-order valence-electron chi connectivity index (χ3n) is 3.94. The first-order chi connectivity index (χ1) is 12.2. The average Bonchev–Trinajstić information content (AvgIpc) is 3.02. The molecular formula is C20H18N2O3. The molecule has 2 aromatic carbocycles. The Morgan fingerprint density at radius 2 is 1.80 bits per heavy atom. The zero-order valence-electron chi connectivity index (χ0n) is 13.6. The first-order valence-corrected chi connectivity index (χ1v) is 7.92. The third kappa shape index (κ3) is 4.22. The minimum atomic E-state index is -0.721. The normalized spacial score (nSPS) is 11.1. The first kappa shape index (κ1) is 16.7. The predicted molar refractivity (Wildman–Crippen MR) is 95.3 cm³/mol. The molecule has 3 rings (SSSR count). The second-order valence-corrected chi connectivity index (χ2v) is 5.77. The van der Waals surface area contributed by atoms with Crippen molar-refractivity contribution in [1.82, 2.24) is 10.0 Å². The van der Waals surface area contributed by atoms with E-state index in [2.05, 4.69) is 16.7 Å². The number of fused-ring (bicyclic) bond motifs is 1. The van der Waals surface area contributed by atoms with E-state index in [1.807, 2.05) is 48.7 Å². The molecule has 0 aliphatic rings. The van der Waals surface area contributed by atoms with Gasteiger partial charge in [0.25, 0.3) is 5.91 Å². The number of allylic oxidation sites excluding steroid dienone is 1. The van der Waals surface area contributed by atoms with E-state index in [1.54, 1.807) is 0 Å². The van der Waals surface area contributed by atoms with Crippen LogP contribution < -0.4 is 5.48 Å². The molecule has 0 fully saturated rings. The van der Waals surface area contributed by atoms with Crippen LogP contribution in [0.2, 0.25) is 0 Å². The maximum atomic E-state index is 11.9. The molecule has 0 atom stereocenters. The zero-order valence-corrected chi connectivity index (χ0v) is 13.6. The van der Waals surface area contributed by atoms with Crippen LogP contribution in [0.15, 0.2) is 72.9 Å². The Balaban J connectivity index is 1.74. The molecule has 5 heteroatoms. The molecule has 0 radical (unpaired) electrons. The second-order valence-electron chi connectivity index (χ2n) is 5.77. The van der Waals surface area contributed by atoms with E-state index >= 15 is 0 Å². The number of carbonyl (C=O) groups excluding carboxylic acids is 2. The van der Waals surface area contributed by atoms with Gasteiger partial charge in [-0.2, -0.15) is 0 Å². The number of hydrogen-bond donors (Lipinski definition) is 2. The van der Waals surface area contributed by atoms with Crippen LogP contribution in [0.5, 0.6) is 0 Å². The van der Waals surface area contributed by atoms with E-state index in [-0.39, 0.29) is 12.2 Å². The molecule has 25 heavy (non-hydrogen) atoms. The summed E-state index contributed by atoms with van der Waals surface area (Å²) in [6.07, 6.45) is 4.41. The van der Waals surface area contributed by atoms with Crippen molar-refractivity contribution in [1.29, 1.82) is 0 Å². The fraction of sp³-hybridized carbons (Fsp3) is 0.100. The number of aromatic nitrogens is 1. The minimum absolute atomic E-state index is 0.202. The lowest BCUT2D eigenvalue weighted by molar-refractivity contribution is -0.124. The largest absolute Gasteiger partial charge is 0.343 e. The molecule has 2 N–H and O–H groups in total. The molecule has 126 valence electrons. The zero-order chi connectivity index (χ0) is 17.6. The van der Waals surface area contributed by atoms with Crippen molar-refractivity contribution in [3.05, 3.63) is 84.1 Å². The molecule has 0 bridgehead atoms. The SMILES string of the molecule is O=C(/C=C/C(=O)NO)Cc1ccc2c(ccn2Cc2ccccc2)c1. The molecule has 0 aliphatic heterocycles. The van der Waals surface area contributed by atoms with Crippen molar-refractivity contribution < 1.29 is 14.8 Å². The molecule has 0 spiro atoms. The Labute approximate surface area is 145 Å². The van der Waals surface area contributed by atoms with E-state index in [1.165, 1.54) is 11.0 Å². The molecule has 0 unspecified atom stereocenters. The first-order valence-electron chi connectivity index (χ1n) is 7.92. The number of nitrogens with one attached hydrogen (secondary N) is 1. The fourth-order valence-electron chi connectivity index (χ4n) is 2.74. The smallest absolute Gasteiger partial charge is 0.267 e. The number of nitrogens with zero attached hydrogens (tertiary/aromatic N) is 1. The summed E-state index contributed by atoms with van der Waals surface area (Å²) in [5.74, 6) is -0.923. The van der Waals surface area contributed by atoms with Crippen molar-refractivity contribution >= 4 is 22.6 Å². The van der Waals surface area contributed by atoms with Gasteiger partial charge in [0, 0.05) is 30.8 Å². The van der Waals surface area contributed by atoms with Crippen molar-refractivity contribution in [2.75, 3.05) is 0 Å². The topological polar surface area (TPSA) is 71.3 Å². The van der Waals surface area contributed by atoms with Crippen LogP contribution >= 0.6 is 0 Å². The van der Waals surface area contributed by atoms with Gasteiger partial charge in [-0.05, 0) is 40.8 Å². The van der Waals surface area contributed by atoms with Gasteiger partial charge in [0.2, 0.25) is 0 Å². The van der Waals surface area contributed by atoms with Gasteiger partial charge in [-0.1, -0.05) is 36.4 Å². The number of hydroxylamine groups is 1. The van der Waals surface area contributed by atoms with Crippen molar-refractivity contribution in [3.63, 3.8) is 0 Å². The summed E-state index contributed by atoms with van der Waals surface area (Å²) >= 11 is 0. The molecule has 0 saturated heterocycles. The van der Waals surface area contributed by atoms with Crippen molar-refractivity contribution in [3.8, 4) is 0 Å². The quantitative estimate of drug-likeness (QED) is 0.414. The highest BCUT2D eigenvalue weighted by atomic mass is 16.5. The molecule has 5 nitrogen and oxygen atoms in total. The van der Waals surface area contributed by atoms with Gasteiger partial charge in [0.05, 0.1) is 0 Å². The summed E-state index contributed by atoms with van der Waals surface area (Å²) in [5, 5.41) is 9.47. The summed E-state index contributed by atoms with van der Waals surface area (Å²) in [5.41, 5.74) is 4.66. The van der Waals surface area contributed by atoms with E-state index in [9.17, 15) is 9.59 Å². The Morgan fingerprint density at radius 1 is 1.00 bits per heavy atom. The number of ketones is 1. The molecule has 1 heterocycles. The monoisotopic (exact) mass is 334 g/mol. The average molecular weight is 334 g/mol. The van der Waals surface area contributed by atoms with Crippen LogP contribution in [0.4, 0.5) is 0 Å². The Hall–Kier alpha value is -3.18. The highest BCUT2D eigenvalue weighted by Crippen LogP contribution is 2.19. The maximum Gasteiger partial charge on any atom is 0.267 e. The molecule has 0 saturated carbocycles. The summed E-state index contributed by atoms with van der Waals surface area (Å²) < 4.78 is 2.17. The number of amides is 1. The Kier molecular flexibility index (Phi) is 5.06. The second kappa shape index (κ2) is 7.59. The van der Waals surface area contributed by atoms with Crippen LogP contribution in [0.3, 0.4) is 0 Å². The molecule has 3 aromatic rings. The van der Waals surface area contributed by atoms with Gasteiger partial charge in [0.1, 0.15) is 0 Å². The number of hydrogen-bond acceptors (Lipinski definition) is 3. The van der Waals surface area contributed by atoms with Crippen LogP contribution in [-0.2, 0) is 22.6 Å². The van der Waals surface area contributed by atoms with Crippen LogP contribution in [0.1, 0.15) is 11.1 Å². The van der Waals surface area contributed by atoms with E-state index in [0.29, 0.717) is 0 Å². The van der Waals surface area contributed by atoms with Crippen LogP contribution in [0.25, 0.3) is 10.9 Å². The lowest BCUT2D eigenvalue weighted by Crippen LogP contribution is -2.15. The van der Waals surface area contributed by atoms with Gasteiger partial charge in [-0.25, -0.2) is 5.48 Å². The number of rotatable bonds is 6. The molecule has 1 amide bonds. The maximum absolute atomic E-state index is 11.9. The number of benzene rings is 2. The standard InChI is InChI=1S/C20H18N2O3/c23-18(7-9-20(24)21-25)13-16-6-8-19-17(12-16)10-11-22(19)14-15-4-2-1-3-5-15/h1-12,25H,13-14H2,(H,21,24)/b9-7+. The lowest BCUT2D eigenvalue weighted by atomic mass is 10.1. The van der Waals surface area contributed by atoms with Crippen LogP contribution in [0, 0.1) is 0 Å². The van der Waals surface area contributed by atoms with Crippen molar-refractivity contribution in [2.45, 2.75) is 13.0 Å². The Morgan fingerprint density at radius 3 is 2.56 bits per heavy atom. The minimum Gasteiger partial charge on any atom is -0.343 e. The van der Waals surface area contributed by atoms with Crippen LogP contribution in [-0.4, -0.2) is 21.5 Å². The highest BCUT2D eigenvalue weighted by Gasteiger charge is 2.06. The Bertz CT molecular complexity index is 927. The van der Waals surface area contributed by atoms with E-state index in [4.69, 9.17) is 5.21 Å². The molecule has 0 aliphatic carbocycles. The lowest BCUT2D eigenvalue weighted by Gasteiger charge is -2.06. The van der Waals surface area contributed by atoms with Gasteiger partial charge in [-0.15, -0.1) is 0 Å². The van der Waals surface area contributed by atoms with Gasteiger partial charge >= 0.3 is 0 Å². The predicted octanol–water partition coefficient (Wildman–Crippen LogP) is 2.86. The summed E-state index contributed by atoms with van der Waals surface area (Å²) in [4.78, 5) is 22.8. The number of carbonyl (C=O) groups is 2. The summed E-state index contributed by atoms with van der Waals surface area (Å²) in [6, 6.07) is 18.2. The molecular weight excluding hydrogens is 316 g/mol. The fourth-order valence-corrected chi connectivity index (χ4v) is 2.74. The summed E-state index contributed by atoms with van der Waals surface area (Å²) in [7, 11) is 0. The summed E-state index contributed by atoms with van der Waals surface area (Å²) in [6.45, 7) is 0.793. The van der Waals surface area contributed by atoms with Crippen molar-refractivity contribution in [2.24, 2.45) is 0 Å². The third-order valence-corrected chi connectivity index (χ3v) is 3.94. The van der Waals surface area contributed by atoms with Gasteiger partial charge < -0.3 is 4.57 Å². The van der Waals surface area contributed by atoms with Gasteiger partial charge in [-0.3, -0.25) is 14.8 Å². The van der Waals surface area contributed by atoms with E-state index < -0.39 is 5.91 Å². The molecule has 1 aromatic heterocycles. The van der Waals surface area contributed by atoms with Gasteiger partial charge in [0.15, 0.2) is 5.78 Å².